The van der Waals surface area contributed by atoms with Crippen molar-refractivity contribution in [2.45, 2.75) is 13.0 Å². The van der Waals surface area contributed by atoms with Crippen molar-refractivity contribution < 1.29 is 4.79 Å². The van der Waals surface area contributed by atoms with E-state index in [-0.39, 0.29) is 11.9 Å². The van der Waals surface area contributed by atoms with Crippen molar-refractivity contribution in [1.29, 1.82) is 5.26 Å². The third-order valence-electron chi connectivity index (χ3n) is 4.10. The second-order valence-corrected chi connectivity index (χ2v) is 6.66. The summed E-state index contributed by atoms with van der Waals surface area (Å²) in [6, 6.07) is 3.64. The van der Waals surface area contributed by atoms with Crippen molar-refractivity contribution >= 4 is 34.0 Å². The number of anilines is 3. The van der Waals surface area contributed by atoms with E-state index in [0.29, 0.717) is 15.8 Å². The molecule has 0 saturated carbocycles. The number of hydrogen-bond acceptors (Lipinski definition) is 9. The van der Waals surface area contributed by atoms with Gasteiger partial charge >= 0.3 is 0 Å². The van der Waals surface area contributed by atoms with Gasteiger partial charge in [0.05, 0.1) is 12.2 Å². The second-order valence-electron chi connectivity index (χ2n) is 5.63. The highest BCUT2D eigenvalue weighted by atomic mass is 32.1. The van der Waals surface area contributed by atoms with Crippen LogP contribution in [0.15, 0.2) is 18.6 Å². The van der Waals surface area contributed by atoms with Gasteiger partial charge in [0.15, 0.2) is 5.13 Å². The van der Waals surface area contributed by atoms with Gasteiger partial charge in [-0.1, -0.05) is 11.3 Å². The van der Waals surface area contributed by atoms with Gasteiger partial charge in [-0.15, -0.1) is 0 Å². The van der Waals surface area contributed by atoms with Crippen LogP contribution in [0.4, 0.5) is 16.8 Å². The van der Waals surface area contributed by atoms with Gasteiger partial charge in [0.25, 0.3) is 0 Å². The Labute approximate surface area is 149 Å². The zero-order valence-electron chi connectivity index (χ0n) is 13.7. The zero-order chi connectivity index (χ0) is 17.8. The maximum Gasteiger partial charge on any atom is 0.234 e. The molecule has 25 heavy (non-hydrogen) atoms. The van der Waals surface area contributed by atoms with E-state index < -0.39 is 0 Å². The number of nitrogens with zero attached hydrogens (tertiary/aromatic N) is 6. The average Bonchev–Trinajstić information content (AvgIpc) is 3.09. The van der Waals surface area contributed by atoms with Crippen LogP contribution in [0.2, 0.25) is 0 Å². The molecule has 10 heteroatoms. The molecule has 130 valence electrons. The summed E-state index contributed by atoms with van der Waals surface area (Å²) in [6.07, 6.45) is 3.02. The molecule has 2 aromatic rings. The van der Waals surface area contributed by atoms with Crippen LogP contribution in [0.1, 0.15) is 11.8 Å². The monoisotopic (exact) mass is 358 g/mol. The number of nitriles is 1. The predicted octanol–water partition coefficient (Wildman–Crippen LogP) is 0.544. The molecule has 2 aromatic heterocycles. The summed E-state index contributed by atoms with van der Waals surface area (Å²) in [5, 5.41) is 12.6. The predicted molar refractivity (Wildman–Crippen MR) is 94.6 cm³/mol. The SMILES string of the molecule is CC(C(N)=O)N1CCN(c2cc(Nc3ncc(C#N)s3)ncn2)CC1. The second kappa shape index (κ2) is 7.42. The molecule has 0 bridgehead atoms. The van der Waals surface area contributed by atoms with Gasteiger partial charge in [-0.25, -0.2) is 15.0 Å². The molecule has 1 amide bonds. The largest absolute Gasteiger partial charge is 0.368 e. The van der Waals surface area contributed by atoms with Crippen molar-refractivity contribution in [3.8, 4) is 6.07 Å². The van der Waals surface area contributed by atoms with E-state index in [2.05, 4.69) is 36.1 Å². The first-order chi connectivity index (χ1) is 12.1. The molecule has 1 unspecified atom stereocenters. The summed E-state index contributed by atoms with van der Waals surface area (Å²) in [4.78, 5) is 28.7. The molecular weight excluding hydrogens is 340 g/mol. The molecule has 0 radical (unpaired) electrons. The Kier molecular flexibility index (Phi) is 5.06. The number of primary amides is 1. The molecule has 1 fully saturated rings. The molecule has 1 aliphatic rings. The van der Waals surface area contributed by atoms with Crippen molar-refractivity contribution in [1.82, 2.24) is 19.9 Å². The lowest BCUT2D eigenvalue weighted by Gasteiger charge is -2.37. The molecule has 3 heterocycles. The standard InChI is InChI=1S/C15H18N8OS/c1-10(14(17)24)22-2-4-23(5-3-22)13-6-12(19-9-20-13)21-15-18-8-11(7-16)25-15/h6,8-10H,2-5H2,1H3,(H2,17,24)(H,18,19,20,21). The molecule has 1 aliphatic heterocycles. The number of rotatable bonds is 5. The van der Waals surface area contributed by atoms with Crippen LogP contribution in [0, 0.1) is 11.3 Å². The van der Waals surface area contributed by atoms with Crippen LogP contribution in [0.25, 0.3) is 0 Å². The van der Waals surface area contributed by atoms with E-state index in [0.717, 1.165) is 32.0 Å². The van der Waals surface area contributed by atoms with E-state index in [1.54, 1.807) is 0 Å². The summed E-state index contributed by atoms with van der Waals surface area (Å²) in [5.74, 6) is 1.12. The third kappa shape index (κ3) is 4.01. The fourth-order valence-corrected chi connectivity index (χ4v) is 3.22. The number of piperazine rings is 1. The van der Waals surface area contributed by atoms with Gasteiger partial charge in [0, 0.05) is 32.2 Å². The van der Waals surface area contributed by atoms with Crippen molar-refractivity contribution in [3.63, 3.8) is 0 Å². The lowest BCUT2D eigenvalue weighted by atomic mass is 10.2. The molecule has 9 nitrogen and oxygen atoms in total. The normalized spacial score (nSPS) is 16.2. The summed E-state index contributed by atoms with van der Waals surface area (Å²) in [6.45, 7) is 4.83. The lowest BCUT2D eigenvalue weighted by Crippen LogP contribution is -2.53. The third-order valence-corrected chi connectivity index (χ3v) is 4.92. The first-order valence-electron chi connectivity index (χ1n) is 7.80. The average molecular weight is 358 g/mol. The van der Waals surface area contributed by atoms with E-state index in [9.17, 15) is 4.79 Å². The minimum absolute atomic E-state index is 0.260. The molecule has 3 N–H and O–H groups in total. The van der Waals surface area contributed by atoms with E-state index >= 15 is 0 Å². The molecule has 3 rings (SSSR count). The van der Waals surface area contributed by atoms with Crippen LogP contribution in [-0.2, 0) is 4.79 Å². The van der Waals surface area contributed by atoms with Crippen molar-refractivity contribution in [2.75, 3.05) is 36.4 Å². The number of carbonyl (C=O) groups excluding carboxylic acids is 1. The Hall–Kier alpha value is -2.77. The highest BCUT2D eigenvalue weighted by molar-refractivity contribution is 7.16. The van der Waals surface area contributed by atoms with Crippen LogP contribution in [0.3, 0.4) is 0 Å². The smallest absolute Gasteiger partial charge is 0.234 e. The Morgan fingerprint density at radius 2 is 2.12 bits per heavy atom. The van der Waals surface area contributed by atoms with E-state index in [1.165, 1.54) is 23.9 Å². The number of carbonyl (C=O) groups is 1. The summed E-state index contributed by atoms with van der Waals surface area (Å²) in [7, 11) is 0. The van der Waals surface area contributed by atoms with E-state index in [4.69, 9.17) is 11.0 Å². The van der Waals surface area contributed by atoms with E-state index in [1.807, 2.05) is 13.0 Å². The topological polar surface area (TPSA) is 124 Å². The fourth-order valence-electron chi connectivity index (χ4n) is 2.60. The Balaban J connectivity index is 1.64. The number of thiazole rings is 1. The summed E-state index contributed by atoms with van der Waals surface area (Å²) in [5.41, 5.74) is 5.37. The number of amides is 1. The molecule has 1 saturated heterocycles. The van der Waals surface area contributed by atoms with Gasteiger partial charge in [-0.3, -0.25) is 9.69 Å². The fraction of sp³-hybridized carbons (Fsp3) is 0.400. The zero-order valence-corrected chi connectivity index (χ0v) is 14.5. The van der Waals surface area contributed by atoms with Gasteiger partial charge in [-0.05, 0) is 6.92 Å². The Morgan fingerprint density at radius 3 is 2.76 bits per heavy atom. The molecule has 0 aliphatic carbocycles. The van der Waals surface area contributed by atoms with Gasteiger partial charge in [0.2, 0.25) is 5.91 Å². The van der Waals surface area contributed by atoms with Gasteiger partial charge in [-0.2, -0.15) is 5.26 Å². The van der Waals surface area contributed by atoms with Crippen LogP contribution in [0.5, 0.6) is 0 Å². The van der Waals surface area contributed by atoms with Crippen molar-refractivity contribution in [2.24, 2.45) is 5.73 Å². The summed E-state index contributed by atoms with van der Waals surface area (Å²) >= 11 is 1.27. The number of nitrogens with one attached hydrogen (secondary N) is 1. The Bertz CT molecular complexity index is 793. The first-order valence-corrected chi connectivity index (χ1v) is 8.62. The maximum atomic E-state index is 11.3. The number of hydrogen-bond donors (Lipinski definition) is 2. The first kappa shape index (κ1) is 17.1. The highest BCUT2D eigenvalue weighted by Gasteiger charge is 2.24. The number of aromatic nitrogens is 3. The quantitative estimate of drug-likeness (QED) is 0.794. The van der Waals surface area contributed by atoms with Gasteiger partial charge < -0.3 is 16.0 Å². The maximum absolute atomic E-state index is 11.3. The molecule has 0 aromatic carbocycles. The number of nitrogens with two attached hydrogens (primary N) is 1. The molecule has 0 spiro atoms. The molecule has 1 atom stereocenters. The lowest BCUT2D eigenvalue weighted by molar-refractivity contribution is -0.122. The Morgan fingerprint density at radius 1 is 1.36 bits per heavy atom. The minimum Gasteiger partial charge on any atom is -0.368 e. The highest BCUT2D eigenvalue weighted by Crippen LogP contribution is 2.23. The summed E-state index contributed by atoms with van der Waals surface area (Å²) < 4.78 is 0. The van der Waals surface area contributed by atoms with Crippen LogP contribution < -0.4 is 16.0 Å². The van der Waals surface area contributed by atoms with Crippen LogP contribution >= 0.6 is 11.3 Å². The van der Waals surface area contributed by atoms with Gasteiger partial charge in [0.1, 0.15) is 28.9 Å². The van der Waals surface area contributed by atoms with Crippen molar-refractivity contribution in [3.05, 3.63) is 23.5 Å². The van der Waals surface area contributed by atoms with Crippen LogP contribution in [-0.4, -0.2) is 58.0 Å². The minimum atomic E-state index is -0.304. The molecular formula is C15H18N8OS.